The average Bonchev–Trinajstić information content (AvgIpc) is 3.50. The molecular weight excluding hydrogens is 660 g/mol. The van der Waals surface area contributed by atoms with Crippen LogP contribution >= 0.6 is 0 Å². The van der Waals surface area contributed by atoms with Crippen LogP contribution in [0.4, 0.5) is 30.9 Å². The monoisotopic (exact) mass is 693 g/mol. The molecule has 3 heterocycles. The molecule has 0 radical (unpaired) electrons. The number of aromatic nitrogens is 4. The van der Waals surface area contributed by atoms with E-state index >= 15 is 0 Å². The number of carboxylic acid groups (broad SMARTS) is 1. The maximum atomic E-state index is 14.5. The Morgan fingerprint density at radius 2 is 1.73 bits per heavy atom. The molecule has 2 N–H and O–H groups in total. The SMILES string of the molecule is COc1ccc(Nc2nccc(-c3c(-c4cccc(N(C(=O)O)C(=O)c5c(F)cccc5F)c4)nn4ccccc34)n2)cc1OCCCN(C)C. The van der Waals surface area contributed by atoms with Gasteiger partial charge in [-0.25, -0.2) is 33.0 Å². The van der Waals surface area contributed by atoms with Gasteiger partial charge in [0.05, 0.1) is 36.2 Å². The van der Waals surface area contributed by atoms with Gasteiger partial charge in [0, 0.05) is 36.3 Å². The zero-order chi connectivity index (χ0) is 36.1. The minimum atomic E-state index is -1.72. The van der Waals surface area contributed by atoms with Gasteiger partial charge < -0.3 is 24.8 Å². The number of pyridine rings is 1. The highest BCUT2D eigenvalue weighted by atomic mass is 19.1. The van der Waals surface area contributed by atoms with Crippen LogP contribution < -0.4 is 19.7 Å². The molecule has 6 aromatic rings. The summed E-state index contributed by atoms with van der Waals surface area (Å²) in [6.45, 7) is 1.38. The van der Waals surface area contributed by atoms with E-state index in [0.717, 1.165) is 31.2 Å². The van der Waals surface area contributed by atoms with Gasteiger partial charge in [0.15, 0.2) is 11.5 Å². The number of nitrogens with one attached hydrogen (secondary N) is 1. The number of methoxy groups -OCH3 is 1. The molecule has 0 saturated heterocycles. The van der Waals surface area contributed by atoms with Crippen LogP contribution in [0.5, 0.6) is 11.5 Å². The van der Waals surface area contributed by atoms with Crippen LogP contribution in [0.25, 0.3) is 28.0 Å². The van der Waals surface area contributed by atoms with Crippen molar-refractivity contribution < 1.29 is 33.0 Å². The minimum Gasteiger partial charge on any atom is -0.493 e. The van der Waals surface area contributed by atoms with Crippen LogP contribution in [0.1, 0.15) is 16.8 Å². The Kier molecular flexibility index (Phi) is 10.1. The van der Waals surface area contributed by atoms with Crippen molar-refractivity contribution in [2.24, 2.45) is 0 Å². The lowest BCUT2D eigenvalue weighted by molar-refractivity contribution is 0.0975. The molecule has 14 heteroatoms. The summed E-state index contributed by atoms with van der Waals surface area (Å²) in [7, 11) is 5.58. The first kappa shape index (κ1) is 34.5. The zero-order valence-electron chi connectivity index (χ0n) is 27.9. The van der Waals surface area contributed by atoms with Crippen molar-refractivity contribution in [3.63, 3.8) is 0 Å². The third kappa shape index (κ3) is 7.45. The van der Waals surface area contributed by atoms with Crippen molar-refractivity contribution in [1.29, 1.82) is 0 Å². The number of carbonyl (C=O) groups excluding carboxylic acids is 1. The molecule has 6 rings (SSSR count). The van der Waals surface area contributed by atoms with Crippen LogP contribution in [0.15, 0.2) is 97.3 Å². The van der Waals surface area contributed by atoms with Crippen molar-refractivity contribution in [1.82, 2.24) is 24.5 Å². The van der Waals surface area contributed by atoms with Gasteiger partial charge in [-0.2, -0.15) is 5.10 Å². The molecule has 3 aromatic heterocycles. The summed E-state index contributed by atoms with van der Waals surface area (Å²) in [5.74, 6) is -2.32. The quantitative estimate of drug-likeness (QED) is 0.127. The summed E-state index contributed by atoms with van der Waals surface area (Å²) in [6, 6.07) is 21.4. The summed E-state index contributed by atoms with van der Waals surface area (Å²) in [5.41, 5.74) is 2.11. The fourth-order valence-electron chi connectivity index (χ4n) is 5.49. The van der Waals surface area contributed by atoms with Crippen molar-refractivity contribution >= 4 is 34.8 Å². The summed E-state index contributed by atoms with van der Waals surface area (Å²) in [6.07, 6.45) is 2.45. The van der Waals surface area contributed by atoms with Gasteiger partial charge >= 0.3 is 6.09 Å². The van der Waals surface area contributed by atoms with E-state index < -0.39 is 29.2 Å². The second-order valence-electron chi connectivity index (χ2n) is 11.6. The third-order valence-corrected chi connectivity index (χ3v) is 7.83. The van der Waals surface area contributed by atoms with E-state index in [2.05, 4.69) is 15.2 Å². The van der Waals surface area contributed by atoms with Gasteiger partial charge in [0.1, 0.15) is 22.9 Å². The second-order valence-corrected chi connectivity index (χ2v) is 11.6. The lowest BCUT2D eigenvalue weighted by Crippen LogP contribution is -2.37. The summed E-state index contributed by atoms with van der Waals surface area (Å²) in [5, 5.41) is 18.0. The molecule has 0 aliphatic heterocycles. The summed E-state index contributed by atoms with van der Waals surface area (Å²) in [4.78, 5) is 37.2. The van der Waals surface area contributed by atoms with E-state index in [1.165, 1.54) is 18.2 Å². The number of nitrogens with zero attached hydrogens (tertiary/aromatic N) is 6. The second kappa shape index (κ2) is 15.0. The van der Waals surface area contributed by atoms with Gasteiger partial charge in [-0.05, 0) is 75.1 Å². The van der Waals surface area contributed by atoms with Gasteiger partial charge in [0.25, 0.3) is 5.91 Å². The Morgan fingerprint density at radius 1 is 0.941 bits per heavy atom. The molecule has 0 aliphatic rings. The fraction of sp³-hybridized carbons (Fsp3) is 0.162. The molecule has 2 amide bonds. The number of hydrogen-bond donors (Lipinski definition) is 2. The van der Waals surface area contributed by atoms with Crippen molar-refractivity contribution in [3.8, 4) is 34.0 Å². The van der Waals surface area contributed by atoms with Crippen molar-refractivity contribution in [3.05, 3.63) is 115 Å². The van der Waals surface area contributed by atoms with Crippen LogP contribution in [0, 0.1) is 11.6 Å². The Balaban J connectivity index is 1.36. The van der Waals surface area contributed by atoms with Gasteiger partial charge in [-0.1, -0.05) is 24.3 Å². The Labute approximate surface area is 291 Å². The number of carbonyl (C=O) groups is 2. The van der Waals surface area contributed by atoms with Crippen LogP contribution in [-0.2, 0) is 0 Å². The molecule has 0 saturated carbocycles. The highest BCUT2D eigenvalue weighted by Crippen LogP contribution is 2.37. The fourth-order valence-corrected chi connectivity index (χ4v) is 5.49. The smallest absolute Gasteiger partial charge is 0.419 e. The van der Waals surface area contributed by atoms with Gasteiger partial charge in [0.2, 0.25) is 5.95 Å². The maximum Gasteiger partial charge on any atom is 0.419 e. The molecule has 0 bridgehead atoms. The molecule has 0 atom stereocenters. The number of anilines is 3. The summed E-state index contributed by atoms with van der Waals surface area (Å²) >= 11 is 0. The van der Waals surface area contributed by atoms with E-state index in [0.29, 0.717) is 56.7 Å². The van der Waals surface area contributed by atoms with Crippen molar-refractivity contribution in [2.45, 2.75) is 6.42 Å². The number of ether oxygens (including phenoxy) is 2. The number of halogens is 2. The molecule has 0 fully saturated rings. The Morgan fingerprint density at radius 3 is 2.47 bits per heavy atom. The molecule has 12 nitrogen and oxygen atoms in total. The highest BCUT2D eigenvalue weighted by Gasteiger charge is 2.30. The van der Waals surface area contributed by atoms with Crippen LogP contribution in [0.3, 0.4) is 0 Å². The molecule has 51 heavy (non-hydrogen) atoms. The number of imide groups is 1. The van der Waals surface area contributed by atoms with Gasteiger partial charge in [-0.15, -0.1) is 0 Å². The molecule has 0 aliphatic carbocycles. The lowest BCUT2D eigenvalue weighted by Gasteiger charge is -2.19. The number of fused-ring (bicyclic) bond motifs is 1. The average molecular weight is 694 g/mol. The van der Waals surface area contributed by atoms with Crippen LogP contribution in [0.2, 0.25) is 0 Å². The van der Waals surface area contributed by atoms with E-state index in [1.54, 1.807) is 54.4 Å². The third-order valence-electron chi connectivity index (χ3n) is 7.83. The van der Waals surface area contributed by atoms with Crippen molar-refractivity contribution in [2.75, 3.05) is 44.6 Å². The number of amides is 2. The largest absolute Gasteiger partial charge is 0.493 e. The summed E-state index contributed by atoms with van der Waals surface area (Å²) < 4.78 is 42.2. The Bertz CT molecular complexity index is 2210. The normalized spacial score (nSPS) is 11.1. The molecule has 0 spiro atoms. The van der Waals surface area contributed by atoms with E-state index in [4.69, 9.17) is 19.6 Å². The Hall–Kier alpha value is -6.41. The van der Waals surface area contributed by atoms with E-state index in [9.17, 15) is 23.5 Å². The lowest BCUT2D eigenvalue weighted by atomic mass is 10.0. The first-order valence-corrected chi connectivity index (χ1v) is 15.8. The standard InChI is InChI=1S/C37H33F2N7O5/c1-44(2)18-8-20-51-31-22-24(14-15-30(31)50-3)41-36-40-17-16-28(42-36)33-29-13-4-5-19-45(29)43-34(33)23-9-6-10-25(21-23)46(37(48)49)35(47)32-26(38)11-7-12-27(32)39/h4-7,9-17,19,21-22H,8,18,20H2,1-3H3,(H,48,49)(H,40,41,42). The molecular formula is C37H33F2N7O5. The maximum absolute atomic E-state index is 14.5. The first-order chi connectivity index (χ1) is 24.6. The molecule has 3 aromatic carbocycles. The number of benzene rings is 3. The van der Waals surface area contributed by atoms with E-state index in [-0.39, 0.29) is 11.6 Å². The predicted molar refractivity (Wildman–Crippen MR) is 188 cm³/mol. The number of rotatable bonds is 12. The molecule has 0 unspecified atom stereocenters. The highest BCUT2D eigenvalue weighted by molar-refractivity contribution is 6.19. The van der Waals surface area contributed by atoms with E-state index in [1.807, 2.05) is 32.3 Å². The minimum absolute atomic E-state index is 0.139. The predicted octanol–water partition coefficient (Wildman–Crippen LogP) is 7.14. The zero-order valence-corrected chi connectivity index (χ0v) is 27.9. The first-order valence-electron chi connectivity index (χ1n) is 15.8. The van der Waals surface area contributed by atoms with Crippen LogP contribution in [-0.4, -0.2) is 75.9 Å². The van der Waals surface area contributed by atoms with Gasteiger partial charge in [-0.3, -0.25) is 4.79 Å². The molecule has 260 valence electrons. The number of hydrogen-bond acceptors (Lipinski definition) is 9. The topological polar surface area (TPSA) is 134 Å².